The quantitative estimate of drug-likeness (QED) is 0.567. The minimum atomic E-state index is -0.440. The number of nitrogens with zero attached hydrogens (tertiary/aromatic N) is 2. The highest BCUT2D eigenvalue weighted by Crippen LogP contribution is 2.23. The first kappa shape index (κ1) is 16.7. The van der Waals surface area contributed by atoms with E-state index >= 15 is 0 Å². The Morgan fingerprint density at radius 1 is 1.11 bits per heavy atom. The van der Waals surface area contributed by atoms with Gasteiger partial charge in [0.05, 0.1) is 24.1 Å². The Morgan fingerprint density at radius 2 is 1.85 bits per heavy atom. The molecular weight excluding hydrogens is 349 g/mol. The molecule has 4 aromatic rings. The van der Waals surface area contributed by atoms with Crippen LogP contribution >= 0.6 is 0 Å². The van der Waals surface area contributed by atoms with Crippen LogP contribution in [0.5, 0.6) is 0 Å². The molecular formula is C20H14FN3O3. The predicted octanol–water partition coefficient (Wildman–Crippen LogP) is 3.28. The highest BCUT2D eigenvalue weighted by molar-refractivity contribution is 5.89. The highest BCUT2D eigenvalue weighted by atomic mass is 19.1. The van der Waals surface area contributed by atoms with Gasteiger partial charge in [-0.2, -0.15) is 0 Å². The number of benzene rings is 2. The molecule has 4 rings (SSSR count). The third kappa shape index (κ3) is 2.99. The van der Waals surface area contributed by atoms with Gasteiger partial charge in [-0.15, -0.1) is 0 Å². The first-order valence-electron chi connectivity index (χ1n) is 8.13. The number of carbonyl (C=O) groups excluding carboxylic acids is 1. The first-order chi connectivity index (χ1) is 13.1. The number of ether oxygens (including phenoxy) is 1. The van der Waals surface area contributed by atoms with Crippen LogP contribution < -0.4 is 5.56 Å². The Bertz CT molecular complexity index is 1210. The number of fused-ring (bicyclic) bond motifs is 1. The second-order valence-electron chi connectivity index (χ2n) is 5.89. The van der Waals surface area contributed by atoms with Crippen LogP contribution in [0.25, 0.3) is 28.2 Å². The van der Waals surface area contributed by atoms with Gasteiger partial charge in [0.1, 0.15) is 5.82 Å². The molecule has 0 radical (unpaired) electrons. The fourth-order valence-corrected chi connectivity index (χ4v) is 2.85. The molecule has 0 saturated carbocycles. The Hall–Kier alpha value is -3.74. The van der Waals surface area contributed by atoms with Crippen molar-refractivity contribution in [2.24, 2.45) is 0 Å². The fourth-order valence-electron chi connectivity index (χ4n) is 2.85. The molecule has 0 saturated heterocycles. The van der Waals surface area contributed by atoms with E-state index in [2.05, 4.69) is 14.8 Å². The zero-order valence-corrected chi connectivity index (χ0v) is 14.3. The number of H-pyrrole nitrogens is 1. The molecule has 1 N–H and O–H groups in total. The molecule has 0 bridgehead atoms. The largest absolute Gasteiger partial charge is 0.465 e. The van der Waals surface area contributed by atoms with Gasteiger partial charge in [0.2, 0.25) is 0 Å². The Morgan fingerprint density at radius 3 is 2.56 bits per heavy atom. The summed E-state index contributed by atoms with van der Waals surface area (Å²) in [5.74, 6) is -0.832. The lowest BCUT2D eigenvalue weighted by Gasteiger charge is -2.03. The maximum Gasteiger partial charge on any atom is 0.337 e. The smallest absolute Gasteiger partial charge is 0.337 e. The zero-order valence-electron chi connectivity index (χ0n) is 14.3. The third-order valence-corrected chi connectivity index (χ3v) is 4.22. The van der Waals surface area contributed by atoms with E-state index in [0.29, 0.717) is 33.7 Å². The van der Waals surface area contributed by atoms with Gasteiger partial charge in [-0.25, -0.2) is 18.7 Å². The van der Waals surface area contributed by atoms with Crippen molar-refractivity contribution < 1.29 is 13.9 Å². The van der Waals surface area contributed by atoms with Crippen LogP contribution in [0.1, 0.15) is 10.4 Å². The lowest BCUT2D eigenvalue weighted by atomic mass is 10.1. The van der Waals surface area contributed by atoms with E-state index in [9.17, 15) is 14.0 Å². The summed E-state index contributed by atoms with van der Waals surface area (Å²) in [6.45, 7) is 0. The monoisotopic (exact) mass is 363 g/mol. The Balaban J connectivity index is 1.79. The van der Waals surface area contributed by atoms with Crippen molar-refractivity contribution >= 4 is 11.6 Å². The molecule has 7 heteroatoms. The summed E-state index contributed by atoms with van der Waals surface area (Å²) in [5, 5.41) is 2.87. The lowest BCUT2D eigenvalue weighted by Crippen LogP contribution is -2.14. The van der Waals surface area contributed by atoms with Gasteiger partial charge in [0, 0.05) is 23.3 Å². The summed E-state index contributed by atoms with van der Waals surface area (Å²) in [5.41, 5.74) is 2.39. The van der Waals surface area contributed by atoms with Gasteiger partial charge in [-0.05, 0) is 24.3 Å². The first-order valence-corrected chi connectivity index (χ1v) is 8.13. The number of aromatic amines is 1. The van der Waals surface area contributed by atoms with E-state index < -0.39 is 11.8 Å². The van der Waals surface area contributed by atoms with Gasteiger partial charge in [0.15, 0.2) is 5.65 Å². The Kier molecular flexibility index (Phi) is 4.04. The average Bonchev–Trinajstić information content (AvgIpc) is 3.12. The topological polar surface area (TPSA) is 76.5 Å². The molecule has 0 spiro atoms. The summed E-state index contributed by atoms with van der Waals surface area (Å²) in [7, 11) is 1.31. The second kappa shape index (κ2) is 6.53. The van der Waals surface area contributed by atoms with Gasteiger partial charge < -0.3 is 4.74 Å². The molecule has 2 aromatic heterocycles. The number of rotatable bonds is 3. The molecule has 2 aromatic carbocycles. The highest BCUT2D eigenvalue weighted by Gasteiger charge is 2.12. The molecule has 0 aliphatic rings. The second-order valence-corrected chi connectivity index (χ2v) is 5.89. The van der Waals surface area contributed by atoms with Crippen LogP contribution in [-0.2, 0) is 4.74 Å². The minimum absolute atomic E-state index is 0.324. The minimum Gasteiger partial charge on any atom is -0.465 e. The van der Waals surface area contributed by atoms with Gasteiger partial charge in [0.25, 0.3) is 5.56 Å². The van der Waals surface area contributed by atoms with Crippen LogP contribution in [0.2, 0.25) is 0 Å². The molecule has 27 heavy (non-hydrogen) atoms. The van der Waals surface area contributed by atoms with Crippen molar-refractivity contribution in [2.75, 3.05) is 7.11 Å². The van der Waals surface area contributed by atoms with Gasteiger partial charge in [-0.3, -0.25) is 9.89 Å². The standard InChI is InChI=1S/C20H14FN3O3/c1-27-20(26)13-8-6-12(7-9-13)16-11-19(25)24-18(22-16)10-17(23-24)14-4-2-3-5-15(14)21/h2-11,23H,1H3. The number of methoxy groups -OCH3 is 1. The van der Waals surface area contributed by atoms with Gasteiger partial charge >= 0.3 is 5.97 Å². The molecule has 134 valence electrons. The molecule has 0 aliphatic carbocycles. The van der Waals surface area contributed by atoms with E-state index in [1.54, 1.807) is 48.5 Å². The van der Waals surface area contributed by atoms with Crippen LogP contribution in [-0.4, -0.2) is 27.7 Å². The summed E-state index contributed by atoms with van der Waals surface area (Å²) in [4.78, 5) is 28.4. The predicted molar refractivity (Wildman–Crippen MR) is 98.0 cm³/mol. The van der Waals surface area contributed by atoms with E-state index in [4.69, 9.17) is 0 Å². The molecule has 0 amide bonds. The number of halogens is 1. The fraction of sp³-hybridized carbons (Fsp3) is 0.0500. The maximum atomic E-state index is 14.0. The molecule has 0 unspecified atom stereocenters. The van der Waals surface area contributed by atoms with Crippen molar-refractivity contribution in [3.63, 3.8) is 0 Å². The van der Waals surface area contributed by atoms with Crippen LogP contribution in [0.3, 0.4) is 0 Å². The SMILES string of the molecule is COC(=O)c1ccc(-c2cc(=O)n3[nH]c(-c4ccccc4F)cc3n2)cc1. The van der Waals surface area contributed by atoms with Gasteiger partial charge in [-0.1, -0.05) is 24.3 Å². The molecule has 2 heterocycles. The third-order valence-electron chi connectivity index (χ3n) is 4.22. The zero-order chi connectivity index (χ0) is 19.0. The van der Waals surface area contributed by atoms with E-state index in [-0.39, 0.29) is 5.56 Å². The average molecular weight is 363 g/mol. The number of hydrogen-bond donors (Lipinski definition) is 1. The summed E-state index contributed by atoms with van der Waals surface area (Å²) in [6.07, 6.45) is 0. The van der Waals surface area contributed by atoms with E-state index in [1.807, 2.05) is 0 Å². The summed E-state index contributed by atoms with van der Waals surface area (Å²) < 4.78 is 19.9. The maximum absolute atomic E-state index is 14.0. The number of aromatic nitrogens is 3. The number of esters is 1. The summed E-state index contributed by atoms with van der Waals surface area (Å²) in [6, 6.07) is 15.9. The van der Waals surface area contributed by atoms with E-state index in [1.165, 1.54) is 23.8 Å². The molecule has 0 aliphatic heterocycles. The molecule has 0 atom stereocenters. The van der Waals surface area contributed by atoms with Crippen molar-refractivity contribution in [2.45, 2.75) is 0 Å². The van der Waals surface area contributed by atoms with E-state index in [0.717, 1.165) is 0 Å². The lowest BCUT2D eigenvalue weighted by molar-refractivity contribution is 0.0601. The number of hydrogen-bond acceptors (Lipinski definition) is 4. The number of carbonyl (C=O) groups is 1. The van der Waals surface area contributed by atoms with Crippen molar-refractivity contribution in [3.8, 4) is 22.5 Å². The van der Waals surface area contributed by atoms with Crippen LogP contribution in [0, 0.1) is 5.82 Å². The Labute approximate surface area is 152 Å². The molecule has 6 nitrogen and oxygen atoms in total. The van der Waals surface area contributed by atoms with Crippen molar-refractivity contribution in [3.05, 3.63) is 82.4 Å². The van der Waals surface area contributed by atoms with Crippen molar-refractivity contribution in [1.29, 1.82) is 0 Å². The number of nitrogens with one attached hydrogen (secondary N) is 1. The summed E-state index contributed by atoms with van der Waals surface area (Å²) >= 11 is 0. The van der Waals surface area contributed by atoms with Crippen LogP contribution in [0.4, 0.5) is 4.39 Å². The normalized spacial score (nSPS) is 10.9. The molecule has 0 fully saturated rings. The van der Waals surface area contributed by atoms with Crippen molar-refractivity contribution in [1.82, 2.24) is 14.6 Å². The van der Waals surface area contributed by atoms with Crippen LogP contribution in [0.15, 0.2) is 65.5 Å².